The number of aryl methyl sites for hydroxylation is 1. The summed E-state index contributed by atoms with van der Waals surface area (Å²) in [5.41, 5.74) is 2.39. The smallest absolute Gasteiger partial charge is 0.270 e. The minimum Gasteiger partial charge on any atom is -0.385 e. The van der Waals surface area contributed by atoms with E-state index in [0.29, 0.717) is 24.6 Å². The maximum absolute atomic E-state index is 12.6. The second-order valence-corrected chi connectivity index (χ2v) is 7.76. The van der Waals surface area contributed by atoms with Crippen molar-refractivity contribution in [1.82, 2.24) is 19.9 Å². The number of benzene rings is 1. The van der Waals surface area contributed by atoms with Gasteiger partial charge in [-0.2, -0.15) is 0 Å². The molecule has 0 radical (unpaired) electrons. The average Bonchev–Trinajstić information content (AvgIpc) is 3.23. The first-order valence-corrected chi connectivity index (χ1v) is 10.3. The van der Waals surface area contributed by atoms with Crippen LogP contribution in [0.15, 0.2) is 61.1 Å². The number of carbonyl (C=O) groups is 1. The normalized spacial score (nSPS) is 17.5. The fourth-order valence-electron chi connectivity index (χ4n) is 3.98. The van der Waals surface area contributed by atoms with Gasteiger partial charge in [0.05, 0.1) is 0 Å². The number of imidazole rings is 1. The standard InChI is InChI=1S/C23H27N5O2/c1-27-13-11-25-22(27)21(29)18-8-5-12-28(16-18)19-9-10-24-20(14-19)23(30)26-15-17-6-3-2-4-7-17/h2-4,6-7,9-11,13-14,18,21,29H,5,8,12,15-16H2,1H3,(H,26,30). The van der Waals surface area contributed by atoms with E-state index in [4.69, 9.17) is 0 Å². The molecule has 0 bridgehead atoms. The van der Waals surface area contributed by atoms with Gasteiger partial charge in [-0.1, -0.05) is 30.3 Å². The van der Waals surface area contributed by atoms with E-state index in [1.54, 1.807) is 12.4 Å². The Morgan fingerprint density at radius 3 is 2.83 bits per heavy atom. The number of aliphatic hydroxyl groups excluding tert-OH is 1. The SMILES string of the molecule is Cn1ccnc1C(O)C1CCCN(c2ccnc(C(=O)NCc3ccccc3)c2)C1. The van der Waals surface area contributed by atoms with Crippen molar-refractivity contribution in [2.75, 3.05) is 18.0 Å². The van der Waals surface area contributed by atoms with Crippen LogP contribution in [0.5, 0.6) is 0 Å². The highest BCUT2D eigenvalue weighted by Crippen LogP contribution is 2.31. The van der Waals surface area contributed by atoms with Gasteiger partial charge < -0.3 is 19.9 Å². The number of aliphatic hydroxyl groups is 1. The Morgan fingerprint density at radius 2 is 2.07 bits per heavy atom. The fourth-order valence-corrected chi connectivity index (χ4v) is 3.98. The number of rotatable bonds is 6. The quantitative estimate of drug-likeness (QED) is 0.659. The summed E-state index contributed by atoms with van der Waals surface area (Å²) in [5, 5.41) is 13.7. The molecule has 7 heteroatoms. The molecular formula is C23H27N5O2. The van der Waals surface area contributed by atoms with Crippen LogP contribution in [0.2, 0.25) is 0 Å². The van der Waals surface area contributed by atoms with E-state index < -0.39 is 6.10 Å². The minimum absolute atomic E-state index is 0.0865. The van der Waals surface area contributed by atoms with Crippen molar-refractivity contribution in [3.63, 3.8) is 0 Å². The summed E-state index contributed by atoms with van der Waals surface area (Å²) in [6.07, 6.45) is 6.54. The molecule has 2 aromatic heterocycles. The van der Waals surface area contributed by atoms with Crippen molar-refractivity contribution >= 4 is 11.6 Å². The van der Waals surface area contributed by atoms with Gasteiger partial charge in [0.15, 0.2) is 0 Å². The second kappa shape index (κ2) is 9.09. The molecule has 7 nitrogen and oxygen atoms in total. The molecule has 156 valence electrons. The van der Waals surface area contributed by atoms with Crippen molar-refractivity contribution in [1.29, 1.82) is 0 Å². The summed E-state index contributed by atoms with van der Waals surface area (Å²) < 4.78 is 1.87. The Morgan fingerprint density at radius 1 is 1.23 bits per heavy atom. The Hall–Kier alpha value is -3.19. The van der Waals surface area contributed by atoms with Crippen LogP contribution in [0.3, 0.4) is 0 Å². The summed E-state index contributed by atoms with van der Waals surface area (Å²) in [5.74, 6) is 0.586. The summed E-state index contributed by atoms with van der Waals surface area (Å²) in [7, 11) is 1.90. The first-order chi connectivity index (χ1) is 14.6. The lowest BCUT2D eigenvalue weighted by Crippen LogP contribution is -2.38. The summed E-state index contributed by atoms with van der Waals surface area (Å²) in [6, 6.07) is 13.6. The van der Waals surface area contributed by atoms with Gasteiger partial charge in [0.25, 0.3) is 5.91 Å². The van der Waals surface area contributed by atoms with Crippen LogP contribution < -0.4 is 10.2 Å². The van der Waals surface area contributed by atoms with Crippen molar-refractivity contribution in [3.05, 3.63) is 78.1 Å². The molecule has 1 fully saturated rings. The van der Waals surface area contributed by atoms with Crippen molar-refractivity contribution < 1.29 is 9.90 Å². The molecule has 3 heterocycles. The Balaban J connectivity index is 1.42. The van der Waals surface area contributed by atoms with Crippen molar-refractivity contribution in [2.45, 2.75) is 25.5 Å². The fraction of sp³-hybridized carbons (Fsp3) is 0.348. The zero-order chi connectivity index (χ0) is 20.9. The van der Waals surface area contributed by atoms with Crippen LogP contribution in [0.4, 0.5) is 5.69 Å². The number of nitrogens with one attached hydrogen (secondary N) is 1. The molecule has 0 saturated carbocycles. The van der Waals surface area contributed by atoms with Crippen LogP contribution in [-0.2, 0) is 13.6 Å². The van der Waals surface area contributed by atoms with Crippen LogP contribution in [-0.4, -0.2) is 38.6 Å². The number of nitrogens with zero attached hydrogens (tertiary/aromatic N) is 4. The molecule has 1 amide bonds. The topological polar surface area (TPSA) is 83.3 Å². The lowest BCUT2D eigenvalue weighted by atomic mass is 9.91. The Bertz CT molecular complexity index is 988. The highest BCUT2D eigenvalue weighted by molar-refractivity contribution is 5.93. The lowest BCUT2D eigenvalue weighted by molar-refractivity contribution is 0.0874. The number of piperidine rings is 1. The highest BCUT2D eigenvalue weighted by Gasteiger charge is 2.29. The molecule has 1 aliphatic rings. The molecule has 30 heavy (non-hydrogen) atoms. The van der Waals surface area contributed by atoms with Crippen molar-refractivity contribution in [3.8, 4) is 0 Å². The van der Waals surface area contributed by atoms with Crippen LogP contribution in [0.1, 0.15) is 40.8 Å². The molecule has 1 aromatic carbocycles. The first kappa shape index (κ1) is 20.1. The van der Waals surface area contributed by atoms with E-state index >= 15 is 0 Å². The lowest BCUT2D eigenvalue weighted by Gasteiger charge is -2.36. The van der Waals surface area contributed by atoms with Crippen LogP contribution >= 0.6 is 0 Å². The van der Waals surface area contributed by atoms with Gasteiger partial charge >= 0.3 is 0 Å². The Labute approximate surface area is 176 Å². The van der Waals surface area contributed by atoms with E-state index in [-0.39, 0.29) is 11.8 Å². The van der Waals surface area contributed by atoms with E-state index in [0.717, 1.165) is 30.6 Å². The predicted molar refractivity (Wildman–Crippen MR) is 115 cm³/mol. The third-order valence-electron chi connectivity index (χ3n) is 5.66. The number of anilines is 1. The number of carbonyl (C=O) groups excluding carboxylic acids is 1. The van der Waals surface area contributed by atoms with Gasteiger partial charge in [0.1, 0.15) is 17.6 Å². The molecule has 1 saturated heterocycles. The van der Waals surface area contributed by atoms with Gasteiger partial charge in [0, 0.05) is 56.9 Å². The predicted octanol–water partition coefficient (Wildman–Crippen LogP) is 2.70. The molecular weight excluding hydrogens is 378 g/mol. The minimum atomic E-state index is -0.608. The number of hydrogen-bond donors (Lipinski definition) is 2. The number of pyridine rings is 1. The van der Waals surface area contributed by atoms with Gasteiger partial charge in [-0.15, -0.1) is 0 Å². The zero-order valence-electron chi connectivity index (χ0n) is 17.1. The molecule has 0 aliphatic carbocycles. The van der Waals surface area contributed by atoms with E-state index in [2.05, 4.69) is 20.2 Å². The molecule has 4 rings (SSSR count). The summed E-state index contributed by atoms with van der Waals surface area (Å²) >= 11 is 0. The van der Waals surface area contributed by atoms with E-state index in [9.17, 15) is 9.90 Å². The third kappa shape index (κ3) is 4.52. The van der Waals surface area contributed by atoms with Gasteiger partial charge in [0.2, 0.25) is 0 Å². The molecule has 0 spiro atoms. The number of aromatic nitrogens is 3. The average molecular weight is 406 g/mol. The van der Waals surface area contributed by atoms with Gasteiger partial charge in [-0.05, 0) is 30.5 Å². The zero-order valence-corrected chi connectivity index (χ0v) is 17.1. The first-order valence-electron chi connectivity index (χ1n) is 10.3. The molecule has 3 aromatic rings. The number of hydrogen-bond acceptors (Lipinski definition) is 5. The van der Waals surface area contributed by atoms with E-state index in [1.807, 2.05) is 60.3 Å². The highest BCUT2D eigenvalue weighted by atomic mass is 16.3. The van der Waals surface area contributed by atoms with Crippen LogP contribution in [0.25, 0.3) is 0 Å². The summed E-state index contributed by atoms with van der Waals surface area (Å²) in [6.45, 7) is 2.06. The number of amides is 1. The second-order valence-electron chi connectivity index (χ2n) is 7.76. The molecule has 2 unspecified atom stereocenters. The van der Waals surface area contributed by atoms with Crippen LogP contribution in [0, 0.1) is 5.92 Å². The van der Waals surface area contributed by atoms with Gasteiger partial charge in [-0.25, -0.2) is 4.98 Å². The Kier molecular flexibility index (Phi) is 6.09. The monoisotopic (exact) mass is 405 g/mol. The van der Waals surface area contributed by atoms with Crippen molar-refractivity contribution in [2.24, 2.45) is 13.0 Å². The maximum atomic E-state index is 12.6. The summed E-state index contributed by atoms with van der Waals surface area (Å²) in [4.78, 5) is 23.3. The molecule has 2 N–H and O–H groups in total. The van der Waals surface area contributed by atoms with Gasteiger partial charge in [-0.3, -0.25) is 9.78 Å². The van der Waals surface area contributed by atoms with E-state index in [1.165, 1.54) is 0 Å². The molecule has 1 aliphatic heterocycles. The maximum Gasteiger partial charge on any atom is 0.270 e. The molecule has 2 atom stereocenters. The third-order valence-corrected chi connectivity index (χ3v) is 5.66. The largest absolute Gasteiger partial charge is 0.385 e.